The number of H-pyrrole nitrogens is 1. The van der Waals surface area contributed by atoms with Gasteiger partial charge in [-0.15, -0.1) is 0 Å². The summed E-state index contributed by atoms with van der Waals surface area (Å²) in [7, 11) is 1.37. The molecule has 0 aliphatic heterocycles. The molecule has 2 rings (SSSR count). The van der Waals surface area contributed by atoms with Crippen molar-refractivity contribution in [1.82, 2.24) is 4.98 Å². The van der Waals surface area contributed by atoms with E-state index in [2.05, 4.69) is 11.9 Å². The van der Waals surface area contributed by atoms with Gasteiger partial charge in [0.15, 0.2) is 5.78 Å². The summed E-state index contributed by atoms with van der Waals surface area (Å²) in [5.41, 5.74) is 2.01. The molecule has 4 heteroatoms. The van der Waals surface area contributed by atoms with Gasteiger partial charge in [0.25, 0.3) is 0 Å². The molecule has 0 amide bonds. The van der Waals surface area contributed by atoms with E-state index in [1.54, 1.807) is 18.3 Å². The minimum absolute atomic E-state index is 0.176. The van der Waals surface area contributed by atoms with E-state index in [1.807, 2.05) is 6.07 Å². The molecule has 166 valence electrons. The Morgan fingerprint density at radius 3 is 1.97 bits per heavy atom. The topological polar surface area (TPSA) is 59.2 Å². The first-order chi connectivity index (χ1) is 14.7. The smallest absolute Gasteiger partial charge is 0.337 e. The Labute approximate surface area is 181 Å². The molecule has 0 atom stereocenters. The fourth-order valence-electron chi connectivity index (χ4n) is 4.04. The van der Waals surface area contributed by atoms with Crippen molar-refractivity contribution in [3.63, 3.8) is 0 Å². The summed E-state index contributed by atoms with van der Waals surface area (Å²) in [5, 5.41) is 0.877. The number of fused-ring (bicyclic) bond motifs is 1. The second-order valence-electron chi connectivity index (χ2n) is 8.37. The Kier molecular flexibility index (Phi) is 11.3. The van der Waals surface area contributed by atoms with E-state index in [-0.39, 0.29) is 11.8 Å². The molecule has 0 radical (unpaired) electrons. The highest BCUT2D eigenvalue weighted by atomic mass is 16.5. The molecule has 4 nitrogen and oxygen atoms in total. The van der Waals surface area contributed by atoms with Gasteiger partial charge in [-0.3, -0.25) is 4.79 Å². The van der Waals surface area contributed by atoms with Crippen molar-refractivity contribution >= 4 is 22.7 Å². The third-order valence-electron chi connectivity index (χ3n) is 5.91. The SMILES string of the molecule is CCCCCCCCCCCCCCCC(=O)c1c[nH]c2cc(C(=O)OC)ccc12. The maximum Gasteiger partial charge on any atom is 0.337 e. The molecule has 1 N–H and O–H groups in total. The lowest BCUT2D eigenvalue weighted by Gasteiger charge is -2.03. The molecule has 0 aliphatic rings. The number of methoxy groups -OCH3 is 1. The molecule has 2 aromatic rings. The summed E-state index contributed by atoms with van der Waals surface area (Å²) in [6.07, 6.45) is 19.3. The van der Waals surface area contributed by atoms with Gasteiger partial charge < -0.3 is 9.72 Å². The summed E-state index contributed by atoms with van der Waals surface area (Å²) in [6.45, 7) is 2.27. The van der Waals surface area contributed by atoms with Crippen LogP contribution in [0.3, 0.4) is 0 Å². The first-order valence-corrected chi connectivity index (χ1v) is 11.9. The summed E-state index contributed by atoms with van der Waals surface area (Å²) in [6, 6.07) is 5.28. The highest BCUT2D eigenvalue weighted by molar-refractivity contribution is 6.08. The molecular weight excluding hydrogens is 374 g/mol. The molecule has 30 heavy (non-hydrogen) atoms. The summed E-state index contributed by atoms with van der Waals surface area (Å²) in [5.74, 6) is -0.193. The van der Waals surface area contributed by atoms with E-state index in [4.69, 9.17) is 4.74 Å². The van der Waals surface area contributed by atoms with Gasteiger partial charge in [0.1, 0.15) is 0 Å². The normalized spacial score (nSPS) is 11.1. The highest BCUT2D eigenvalue weighted by Gasteiger charge is 2.14. The van der Waals surface area contributed by atoms with Crippen LogP contribution in [-0.2, 0) is 4.74 Å². The van der Waals surface area contributed by atoms with E-state index in [0.717, 1.165) is 29.3 Å². The maximum atomic E-state index is 12.6. The minimum atomic E-state index is -0.369. The van der Waals surface area contributed by atoms with Crippen LogP contribution in [-0.4, -0.2) is 23.8 Å². The molecule has 0 saturated carbocycles. The number of carbonyl (C=O) groups is 2. The number of aromatic amines is 1. The maximum absolute atomic E-state index is 12.6. The Bertz CT molecular complexity index is 778. The van der Waals surface area contributed by atoms with Crippen molar-refractivity contribution in [3.05, 3.63) is 35.5 Å². The van der Waals surface area contributed by atoms with Crippen LogP contribution < -0.4 is 0 Å². The first kappa shape index (κ1) is 24.2. The second kappa shape index (κ2) is 14.0. The number of aromatic nitrogens is 1. The first-order valence-electron chi connectivity index (χ1n) is 11.9. The zero-order chi connectivity index (χ0) is 21.6. The number of unbranched alkanes of at least 4 members (excludes halogenated alkanes) is 12. The van der Waals surface area contributed by atoms with Crippen molar-refractivity contribution in [3.8, 4) is 0 Å². The van der Waals surface area contributed by atoms with E-state index in [9.17, 15) is 9.59 Å². The van der Waals surface area contributed by atoms with Gasteiger partial charge >= 0.3 is 5.97 Å². The number of Topliss-reactive ketones (excluding diaryl/α,β-unsaturated/α-hetero) is 1. The number of hydrogen-bond donors (Lipinski definition) is 1. The van der Waals surface area contributed by atoms with Crippen molar-refractivity contribution in [2.45, 2.75) is 96.8 Å². The lowest BCUT2D eigenvalue weighted by atomic mass is 10.0. The third-order valence-corrected chi connectivity index (χ3v) is 5.91. The van der Waals surface area contributed by atoms with Crippen LogP contribution in [0.5, 0.6) is 0 Å². The second-order valence-corrected chi connectivity index (χ2v) is 8.37. The van der Waals surface area contributed by atoms with Crippen LogP contribution in [0.25, 0.3) is 10.9 Å². The number of benzene rings is 1. The predicted molar refractivity (Wildman–Crippen MR) is 124 cm³/mol. The number of rotatable bonds is 16. The van der Waals surface area contributed by atoms with Crippen molar-refractivity contribution < 1.29 is 14.3 Å². The third kappa shape index (κ3) is 7.97. The largest absolute Gasteiger partial charge is 0.465 e. The number of esters is 1. The van der Waals surface area contributed by atoms with E-state index in [1.165, 1.54) is 77.7 Å². The van der Waals surface area contributed by atoms with Crippen molar-refractivity contribution in [2.75, 3.05) is 7.11 Å². The molecular formula is C26H39NO3. The quantitative estimate of drug-likeness (QED) is 0.175. The van der Waals surface area contributed by atoms with Crippen LogP contribution in [0, 0.1) is 0 Å². The summed E-state index contributed by atoms with van der Waals surface area (Å²) < 4.78 is 4.75. The molecule has 0 spiro atoms. The van der Waals surface area contributed by atoms with Gasteiger partial charge in [0, 0.05) is 29.1 Å². The average Bonchev–Trinajstić information content (AvgIpc) is 3.19. The van der Waals surface area contributed by atoms with Crippen LogP contribution >= 0.6 is 0 Å². The summed E-state index contributed by atoms with van der Waals surface area (Å²) in [4.78, 5) is 27.3. The number of ether oxygens (including phenoxy) is 1. The average molecular weight is 414 g/mol. The Morgan fingerprint density at radius 2 is 1.40 bits per heavy atom. The monoisotopic (exact) mass is 413 g/mol. The van der Waals surface area contributed by atoms with Crippen LogP contribution in [0.4, 0.5) is 0 Å². The van der Waals surface area contributed by atoms with Crippen LogP contribution in [0.2, 0.25) is 0 Å². The lowest BCUT2D eigenvalue weighted by molar-refractivity contribution is 0.0600. The Morgan fingerprint density at radius 1 is 0.833 bits per heavy atom. The number of ketones is 1. The fourth-order valence-corrected chi connectivity index (χ4v) is 4.04. The van der Waals surface area contributed by atoms with E-state index in [0.29, 0.717) is 12.0 Å². The van der Waals surface area contributed by atoms with E-state index < -0.39 is 0 Å². The van der Waals surface area contributed by atoms with Gasteiger partial charge in [0.2, 0.25) is 0 Å². The van der Waals surface area contributed by atoms with Gasteiger partial charge in [-0.2, -0.15) is 0 Å². The van der Waals surface area contributed by atoms with Crippen LogP contribution in [0.1, 0.15) is 118 Å². The molecule has 0 aliphatic carbocycles. The van der Waals surface area contributed by atoms with Gasteiger partial charge in [-0.1, -0.05) is 90.0 Å². The molecule has 1 heterocycles. The number of nitrogens with one attached hydrogen (secondary N) is 1. The van der Waals surface area contributed by atoms with Crippen LogP contribution in [0.15, 0.2) is 24.4 Å². The standard InChI is InChI=1S/C26H39NO3/c1-3-4-5-6-7-8-9-10-11-12-13-14-15-16-25(28)23-20-27-24-19-21(26(29)30-2)17-18-22(23)24/h17-20,27H,3-16H2,1-2H3. The van der Waals surface area contributed by atoms with Crippen molar-refractivity contribution in [2.24, 2.45) is 0 Å². The zero-order valence-corrected chi connectivity index (χ0v) is 18.9. The molecule has 0 fully saturated rings. The predicted octanol–water partition coefficient (Wildman–Crippen LogP) is 7.62. The Balaban J connectivity index is 1.58. The molecule has 0 unspecified atom stereocenters. The fraction of sp³-hybridized carbons (Fsp3) is 0.615. The minimum Gasteiger partial charge on any atom is -0.465 e. The lowest BCUT2D eigenvalue weighted by Crippen LogP contribution is -2.01. The molecule has 1 aromatic heterocycles. The molecule has 1 aromatic carbocycles. The van der Waals surface area contributed by atoms with Crippen molar-refractivity contribution in [1.29, 1.82) is 0 Å². The number of hydrogen-bond acceptors (Lipinski definition) is 3. The summed E-state index contributed by atoms with van der Waals surface area (Å²) >= 11 is 0. The molecule has 0 saturated heterocycles. The number of carbonyl (C=O) groups excluding carboxylic acids is 2. The van der Waals surface area contributed by atoms with Gasteiger partial charge in [-0.25, -0.2) is 4.79 Å². The van der Waals surface area contributed by atoms with Gasteiger partial charge in [-0.05, 0) is 18.6 Å². The Hall–Kier alpha value is -2.10. The van der Waals surface area contributed by atoms with E-state index >= 15 is 0 Å². The highest BCUT2D eigenvalue weighted by Crippen LogP contribution is 2.22. The molecule has 0 bridgehead atoms. The van der Waals surface area contributed by atoms with Gasteiger partial charge in [0.05, 0.1) is 12.7 Å². The zero-order valence-electron chi connectivity index (χ0n) is 18.9.